The van der Waals surface area contributed by atoms with Crippen molar-refractivity contribution in [1.29, 1.82) is 0 Å². The van der Waals surface area contributed by atoms with E-state index in [9.17, 15) is 0 Å². The van der Waals surface area contributed by atoms with E-state index in [1.165, 1.54) is 4.88 Å². The van der Waals surface area contributed by atoms with Crippen molar-refractivity contribution in [3.05, 3.63) is 32.2 Å². The van der Waals surface area contributed by atoms with Gasteiger partial charge in [-0.1, -0.05) is 0 Å². The molecule has 0 fully saturated rings. The van der Waals surface area contributed by atoms with E-state index in [1.54, 1.807) is 11.3 Å². The van der Waals surface area contributed by atoms with Crippen LogP contribution in [-0.2, 0) is 0 Å². The Balaban J connectivity index is 2.16. The van der Waals surface area contributed by atoms with Gasteiger partial charge in [0, 0.05) is 14.7 Å². The van der Waals surface area contributed by atoms with E-state index in [-0.39, 0.29) is 0 Å². The van der Waals surface area contributed by atoms with Crippen LogP contribution in [0.4, 0.5) is 5.69 Å². The summed E-state index contributed by atoms with van der Waals surface area (Å²) in [6.45, 7) is 6.19. The number of rotatable bonds is 3. The van der Waals surface area contributed by atoms with Crippen molar-refractivity contribution in [2.45, 2.75) is 26.8 Å². The summed E-state index contributed by atoms with van der Waals surface area (Å²) in [5.41, 5.74) is 3.21. The summed E-state index contributed by atoms with van der Waals surface area (Å²) < 4.78 is 1.14. The highest BCUT2D eigenvalue weighted by Gasteiger charge is 2.12. The van der Waals surface area contributed by atoms with Gasteiger partial charge in [-0.05, 0) is 42.8 Å². The number of halogens is 1. The summed E-state index contributed by atoms with van der Waals surface area (Å²) in [4.78, 5) is 1.31. The molecule has 0 radical (unpaired) electrons. The van der Waals surface area contributed by atoms with Crippen molar-refractivity contribution < 1.29 is 0 Å². The number of nitrogens with one attached hydrogen (secondary N) is 2. The molecule has 2 aromatic rings. The first kappa shape index (κ1) is 11.7. The summed E-state index contributed by atoms with van der Waals surface area (Å²) in [6.07, 6.45) is 0. The van der Waals surface area contributed by atoms with E-state index in [2.05, 4.69) is 49.8 Å². The van der Waals surface area contributed by atoms with E-state index in [1.807, 2.05) is 13.8 Å². The maximum absolute atomic E-state index is 4.17. The fourth-order valence-electron chi connectivity index (χ4n) is 1.61. The van der Waals surface area contributed by atoms with Crippen LogP contribution in [0.1, 0.15) is 29.2 Å². The molecule has 1 unspecified atom stereocenters. The van der Waals surface area contributed by atoms with Crippen LogP contribution in [0.15, 0.2) is 15.9 Å². The van der Waals surface area contributed by atoms with E-state index in [0.29, 0.717) is 6.04 Å². The molecule has 0 aliphatic heterocycles. The summed E-state index contributed by atoms with van der Waals surface area (Å²) >= 11 is 5.22. The normalized spacial score (nSPS) is 12.8. The van der Waals surface area contributed by atoms with Gasteiger partial charge in [0.25, 0.3) is 0 Å². The zero-order chi connectivity index (χ0) is 11.7. The third-order valence-electron chi connectivity index (χ3n) is 2.50. The van der Waals surface area contributed by atoms with Crippen LogP contribution in [0.5, 0.6) is 0 Å². The van der Waals surface area contributed by atoms with Gasteiger partial charge in [-0.2, -0.15) is 5.10 Å². The molecular weight excluding hydrogens is 286 g/mol. The molecule has 2 heterocycles. The number of anilines is 1. The molecule has 2 rings (SSSR count). The zero-order valence-corrected chi connectivity index (χ0v) is 11.9. The van der Waals surface area contributed by atoms with Crippen molar-refractivity contribution in [2.24, 2.45) is 0 Å². The van der Waals surface area contributed by atoms with Crippen LogP contribution >= 0.6 is 27.3 Å². The topological polar surface area (TPSA) is 40.7 Å². The van der Waals surface area contributed by atoms with E-state index in [4.69, 9.17) is 0 Å². The van der Waals surface area contributed by atoms with Gasteiger partial charge in [0.05, 0.1) is 23.1 Å². The van der Waals surface area contributed by atoms with Crippen molar-refractivity contribution >= 4 is 33.0 Å². The van der Waals surface area contributed by atoms with Gasteiger partial charge >= 0.3 is 0 Å². The SMILES string of the molecule is Cc1n[nH]c(C)c1NC(C)c1cc(Br)cs1. The molecule has 0 aliphatic rings. The van der Waals surface area contributed by atoms with Crippen LogP contribution in [0.25, 0.3) is 0 Å². The number of thiophene rings is 1. The quantitative estimate of drug-likeness (QED) is 0.898. The number of nitrogens with zero attached hydrogens (tertiary/aromatic N) is 1. The van der Waals surface area contributed by atoms with Crippen LogP contribution in [0.3, 0.4) is 0 Å². The molecule has 86 valence electrons. The van der Waals surface area contributed by atoms with Gasteiger partial charge in [0.15, 0.2) is 0 Å². The molecule has 1 atom stereocenters. The summed E-state index contributed by atoms with van der Waals surface area (Å²) in [5.74, 6) is 0. The van der Waals surface area contributed by atoms with E-state index >= 15 is 0 Å². The predicted molar refractivity (Wildman–Crippen MR) is 72.1 cm³/mol. The average molecular weight is 300 g/mol. The molecule has 0 spiro atoms. The molecule has 0 saturated heterocycles. The van der Waals surface area contributed by atoms with E-state index < -0.39 is 0 Å². The second-order valence-electron chi connectivity index (χ2n) is 3.84. The predicted octanol–water partition coefficient (Wildman–Crippen LogP) is 4.02. The second kappa shape index (κ2) is 4.59. The summed E-state index contributed by atoms with van der Waals surface area (Å²) in [7, 11) is 0. The molecule has 2 aromatic heterocycles. The molecule has 16 heavy (non-hydrogen) atoms. The number of hydrogen-bond donors (Lipinski definition) is 2. The lowest BCUT2D eigenvalue weighted by Gasteiger charge is -2.13. The molecule has 0 bridgehead atoms. The van der Waals surface area contributed by atoms with Gasteiger partial charge < -0.3 is 5.32 Å². The van der Waals surface area contributed by atoms with Gasteiger partial charge in [0.1, 0.15) is 0 Å². The number of H-pyrrole nitrogens is 1. The minimum Gasteiger partial charge on any atom is -0.375 e. The monoisotopic (exact) mass is 299 g/mol. The highest BCUT2D eigenvalue weighted by molar-refractivity contribution is 9.10. The first-order chi connectivity index (χ1) is 7.58. The third-order valence-corrected chi connectivity index (χ3v) is 4.38. The molecule has 0 amide bonds. The number of hydrogen-bond acceptors (Lipinski definition) is 3. The lowest BCUT2D eigenvalue weighted by Crippen LogP contribution is -2.06. The minimum absolute atomic E-state index is 0.297. The molecule has 2 N–H and O–H groups in total. The Hall–Kier alpha value is -0.810. The first-order valence-corrected chi connectivity index (χ1v) is 6.77. The fraction of sp³-hybridized carbons (Fsp3) is 0.364. The maximum atomic E-state index is 4.17. The lowest BCUT2D eigenvalue weighted by molar-refractivity contribution is 0.903. The number of aryl methyl sites for hydroxylation is 2. The standard InChI is InChI=1S/C11H14BrN3S/c1-6(10-4-9(12)5-16-10)13-11-7(2)14-15-8(11)3/h4-6,13H,1-3H3,(H,14,15). The highest BCUT2D eigenvalue weighted by Crippen LogP contribution is 2.29. The lowest BCUT2D eigenvalue weighted by atomic mass is 10.2. The van der Waals surface area contributed by atoms with Gasteiger partial charge in [-0.3, -0.25) is 5.10 Å². The highest BCUT2D eigenvalue weighted by atomic mass is 79.9. The molecule has 0 aromatic carbocycles. The molecule has 0 saturated carbocycles. The van der Waals surface area contributed by atoms with Crippen LogP contribution in [-0.4, -0.2) is 10.2 Å². The Labute approximate surface area is 107 Å². The second-order valence-corrected chi connectivity index (χ2v) is 5.70. The van der Waals surface area contributed by atoms with Crippen LogP contribution in [0, 0.1) is 13.8 Å². The van der Waals surface area contributed by atoms with Gasteiger partial charge in [0.2, 0.25) is 0 Å². The third kappa shape index (κ3) is 2.30. The summed E-state index contributed by atoms with van der Waals surface area (Å²) in [5, 5.41) is 12.7. The maximum Gasteiger partial charge on any atom is 0.0825 e. The van der Waals surface area contributed by atoms with Crippen LogP contribution < -0.4 is 5.32 Å². The molecule has 5 heteroatoms. The molecule has 0 aliphatic carbocycles. The van der Waals surface area contributed by atoms with Crippen molar-refractivity contribution in [3.8, 4) is 0 Å². The Bertz CT molecular complexity index is 470. The number of aromatic nitrogens is 2. The Morgan fingerprint density at radius 1 is 1.50 bits per heavy atom. The van der Waals surface area contributed by atoms with Crippen molar-refractivity contribution in [3.63, 3.8) is 0 Å². The van der Waals surface area contributed by atoms with Gasteiger partial charge in [-0.25, -0.2) is 0 Å². The average Bonchev–Trinajstić information content (AvgIpc) is 2.79. The molecular formula is C11H14BrN3S. The first-order valence-electron chi connectivity index (χ1n) is 5.10. The van der Waals surface area contributed by atoms with Crippen molar-refractivity contribution in [2.75, 3.05) is 5.32 Å². The smallest absolute Gasteiger partial charge is 0.0825 e. The van der Waals surface area contributed by atoms with Crippen LogP contribution in [0.2, 0.25) is 0 Å². The Morgan fingerprint density at radius 2 is 2.25 bits per heavy atom. The zero-order valence-electron chi connectivity index (χ0n) is 9.47. The Morgan fingerprint density at radius 3 is 2.75 bits per heavy atom. The molecule has 3 nitrogen and oxygen atoms in total. The van der Waals surface area contributed by atoms with E-state index in [0.717, 1.165) is 21.5 Å². The van der Waals surface area contributed by atoms with Crippen molar-refractivity contribution in [1.82, 2.24) is 10.2 Å². The Kier molecular flexibility index (Phi) is 3.35. The summed E-state index contributed by atoms with van der Waals surface area (Å²) in [6, 6.07) is 2.44. The fourth-order valence-corrected chi connectivity index (χ4v) is 3.06. The van der Waals surface area contributed by atoms with Gasteiger partial charge in [-0.15, -0.1) is 11.3 Å². The minimum atomic E-state index is 0.297. The number of aromatic amines is 1. The largest absolute Gasteiger partial charge is 0.375 e.